The third-order valence-corrected chi connectivity index (χ3v) is 10.0. The summed E-state index contributed by atoms with van der Waals surface area (Å²) in [5.41, 5.74) is 6.18. The number of nitrogens with two attached hydrogens (primary N) is 1. The number of nitrogens with zero attached hydrogens (tertiary/aromatic N) is 4. The molecule has 3 aromatic rings. The average molecular weight is 509 g/mol. The van der Waals surface area contributed by atoms with Gasteiger partial charge in [-0.05, 0) is 51.1 Å². The number of halogens is 1. The maximum Gasteiger partial charge on any atom is 0.168 e. The third-order valence-electron chi connectivity index (χ3n) is 7.07. The number of ether oxygens (including phenoxy) is 1. The van der Waals surface area contributed by atoms with Crippen molar-refractivity contribution in [2.75, 3.05) is 12.0 Å². The number of fused-ring (bicyclic) bond motifs is 4. The van der Waals surface area contributed by atoms with Crippen LogP contribution in [-0.2, 0) is 15.4 Å². The van der Waals surface area contributed by atoms with E-state index in [0.717, 1.165) is 5.39 Å². The minimum atomic E-state index is -3.93. The maximum atomic E-state index is 15.0. The van der Waals surface area contributed by atoms with Gasteiger partial charge in [-0.3, -0.25) is 9.98 Å². The van der Waals surface area contributed by atoms with Gasteiger partial charge in [0, 0.05) is 35.5 Å². The SMILES string of the molecule is C[C@H]1C[C@@H]2[C@](CF)(N=C(N)C(C)(C)S2(=O)=O)c2cc(Nc3nccc4cc(C#N)cnc34)ccc2O1. The van der Waals surface area contributed by atoms with Crippen molar-refractivity contribution >= 4 is 38.1 Å². The number of aromatic nitrogens is 2. The number of nitrogens with one attached hydrogen (secondary N) is 1. The molecule has 0 amide bonds. The van der Waals surface area contributed by atoms with Gasteiger partial charge in [0.05, 0.1) is 16.9 Å². The van der Waals surface area contributed by atoms with E-state index in [9.17, 15) is 8.42 Å². The molecule has 4 heterocycles. The Kier molecular flexibility index (Phi) is 5.41. The highest BCUT2D eigenvalue weighted by Gasteiger charge is 2.60. The number of hydrogen-bond acceptors (Lipinski definition) is 9. The lowest BCUT2D eigenvalue weighted by Gasteiger charge is -2.44. The van der Waals surface area contributed by atoms with E-state index in [1.165, 1.54) is 20.0 Å². The van der Waals surface area contributed by atoms with E-state index in [-0.39, 0.29) is 12.3 Å². The number of hydrogen-bond donors (Lipinski definition) is 2. The first-order chi connectivity index (χ1) is 17.0. The molecule has 2 aliphatic heterocycles. The van der Waals surface area contributed by atoms with Crippen LogP contribution in [0.3, 0.4) is 0 Å². The second-order valence-electron chi connectivity index (χ2n) is 9.67. The quantitative estimate of drug-likeness (QED) is 0.547. The number of rotatable bonds is 3. The molecule has 0 bridgehead atoms. The van der Waals surface area contributed by atoms with E-state index < -0.39 is 38.2 Å². The zero-order chi connectivity index (χ0) is 25.9. The highest BCUT2D eigenvalue weighted by Crippen LogP contribution is 2.50. The molecule has 0 saturated heterocycles. The molecule has 9 nitrogen and oxygen atoms in total. The molecule has 0 spiro atoms. The number of sulfone groups is 1. The minimum Gasteiger partial charge on any atom is -0.490 e. The van der Waals surface area contributed by atoms with Crippen LogP contribution in [0.15, 0.2) is 47.7 Å². The number of alkyl halides is 1. The Morgan fingerprint density at radius 2 is 2.06 bits per heavy atom. The third kappa shape index (κ3) is 3.39. The number of aliphatic imine (C=N–C) groups is 1. The van der Waals surface area contributed by atoms with Gasteiger partial charge in [-0.2, -0.15) is 5.26 Å². The van der Waals surface area contributed by atoms with E-state index in [1.807, 2.05) is 0 Å². The Labute approximate surface area is 208 Å². The minimum absolute atomic E-state index is 0.0694. The van der Waals surface area contributed by atoms with Gasteiger partial charge in [-0.25, -0.2) is 17.8 Å². The van der Waals surface area contributed by atoms with Gasteiger partial charge in [0.25, 0.3) is 0 Å². The summed E-state index contributed by atoms with van der Waals surface area (Å²) in [7, 11) is -3.93. The highest BCUT2D eigenvalue weighted by atomic mass is 32.2. The number of benzene rings is 1. The van der Waals surface area contributed by atoms with E-state index in [2.05, 4.69) is 26.3 Å². The molecule has 0 aliphatic carbocycles. The van der Waals surface area contributed by atoms with E-state index in [4.69, 9.17) is 15.7 Å². The van der Waals surface area contributed by atoms with Crippen LogP contribution in [0.2, 0.25) is 0 Å². The van der Waals surface area contributed by atoms with Gasteiger partial charge in [-0.1, -0.05) is 0 Å². The first-order valence-electron chi connectivity index (χ1n) is 11.4. The fourth-order valence-electron chi connectivity index (χ4n) is 4.89. The first-order valence-corrected chi connectivity index (χ1v) is 13.0. The summed E-state index contributed by atoms with van der Waals surface area (Å²) in [6.07, 6.45) is 2.62. The molecule has 3 atom stereocenters. The Morgan fingerprint density at radius 1 is 1.28 bits per heavy atom. The van der Waals surface area contributed by atoms with Crippen molar-refractivity contribution in [2.45, 2.75) is 48.8 Å². The van der Waals surface area contributed by atoms with Crippen LogP contribution in [-0.4, -0.2) is 47.0 Å². The summed E-state index contributed by atoms with van der Waals surface area (Å²) in [5.74, 6) is 0.636. The van der Waals surface area contributed by atoms with Gasteiger partial charge >= 0.3 is 0 Å². The predicted octanol–water partition coefficient (Wildman–Crippen LogP) is 3.51. The van der Waals surface area contributed by atoms with Crippen molar-refractivity contribution in [3.05, 3.63) is 53.9 Å². The zero-order valence-electron chi connectivity index (χ0n) is 20.0. The summed E-state index contributed by atoms with van der Waals surface area (Å²) in [5, 5.41) is 11.9. The van der Waals surface area contributed by atoms with Gasteiger partial charge in [-0.15, -0.1) is 0 Å². The Hall–Kier alpha value is -3.78. The molecule has 3 N–H and O–H groups in total. The Bertz CT molecular complexity index is 1570. The van der Waals surface area contributed by atoms with Crippen molar-refractivity contribution in [1.82, 2.24) is 9.97 Å². The molecular formula is C25H25FN6O3S. The fourth-order valence-corrected chi connectivity index (χ4v) is 7.22. The van der Waals surface area contributed by atoms with Gasteiger partial charge in [0.2, 0.25) is 0 Å². The van der Waals surface area contributed by atoms with Gasteiger partial charge in [0.15, 0.2) is 15.7 Å². The van der Waals surface area contributed by atoms with Crippen molar-refractivity contribution in [3.63, 3.8) is 0 Å². The second kappa shape index (κ2) is 8.13. The zero-order valence-corrected chi connectivity index (χ0v) is 20.8. The summed E-state index contributed by atoms with van der Waals surface area (Å²) in [6.45, 7) is 3.69. The van der Waals surface area contributed by atoms with E-state index in [0.29, 0.717) is 33.9 Å². The molecule has 0 fully saturated rings. The van der Waals surface area contributed by atoms with E-state index >= 15 is 4.39 Å². The maximum absolute atomic E-state index is 15.0. The molecule has 2 aliphatic rings. The lowest BCUT2D eigenvalue weighted by atomic mass is 9.85. The predicted molar refractivity (Wildman–Crippen MR) is 135 cm³/mol. The molecule has 36 heavy (non-hydrogen) atoms. The molecule has 0 radical (unpaired) electrons. The fraction of sp³-hybridized carbons (Fsp3) is 0.360. The molecule has 11 heteroatoms. The Morgan fingerprint density at radius 3 is 2.78 bits per heavy atom. The highest BCUT2D eigenvalue weighted by molar-refractivity contribution is 7.94. The molecule has 1 aromatic carbocycles. The van der Waals surface area contributed by atoms with Crippen LogP contribution in [0.5, 0.6) is 5.75 Å². The van der Waals surface area contributed by atoms with Gasteiger partial charge in [0.1, 0.15) is 40.1 Å². The molecule has 5 rings (SSSR count). The van der Waals surface area contributed by atoms with Crippen molar-refractivity contribution in [2.24, 2.45) is 10.7 Å². The number of pyridine rings is 2. The monoisotopic (exact) mass is 508 g/mol. The topological polar surface area (TPSA) is 143 Å². The summed E-state index contributed by atoms with van der Waals surface area (Å²) in [6, 6.07) is 10.5. The molecule has 2 aromatic heterocycles. The largest absolute Gasteiger partial charge is 0.490 e. The van der Waals surface area contributed by atoms with Crippen LogP contribution < -0.4 is 15.8 Å². The lowest BCUT2D eigenvalue weighted by molar-refractivity contribution is 0.208. The van der Waals surface area contributed by atoms with Crippen LogP contribution in [0.1, 0.15) is 38.3 Å². The van der Waals surface area contributed by atoms with Crippen LogP contribution >= 0.6 is 0 Å². The van der Waals surface area contributed by atoms with E-state index in [1.54, 1.807) is 43.5 Å². The normalized spacial score (nSPS) is 25.9. The molecule has 186 valence electrons. The molecule has 0 saturated carbocycles. The van der Waals surface area contributed by atoms with Crippen LogP contribution in [0.4, 0.5) is 15.9 Å². The number of anilines is 2. The molecular weight excluding hydrogens is 483 g/mol. The summed E-state index contributed by atoms with van der Waals surface area (Å²) in [4.78, 5) is 13.2. The summed E-state index contributed by atoms with van der Waals surface area (Å²) < 4.78 is 47.0. The van der Waals surface area contributed by atoms with Crippen molar-refractivity contribution in [1.29, 1.82) is 5.26 Å². The summed E-state index contributed by atoms with van der Waals surface area (Å²) >= 11 is 0. The standard InChI is InChI=1S/C25H25FN6O3S/c1-14-8-20-25(13-26,32-23(28)24(2,3)36(20,33)34)18-10-17(4-5-19(18)35-14)31-22-21-16(6-7-29-22)9-15(11-27)12-30-21/h4-7,9-10,12,14,20H,8,13H2,1-3H3,(H2,28,32)(H,29,31)/t14-,20+,25+/m0/s1. The van der Waals surface area contributed by atoms with Crippen molar-refractivity contribution in [3.8, 4) is 11.8 Å². The number of nitriles is 1. The van der Waals surface area contributed by atoms with Gasteiger partial charge < -0.3 is 15.8 Å². The lowest BCUT2D eigenvalue weighted by Crippen LogP contribution is -2.61. The second-order valence-corrected chi connectivity index (χ2v) is 12.3. The smallest absolute Gasteiger partial charge is 0.168 e. The van der Waals surface area contributed by atoms with Crippen LogP contribution in [0, 0.1) is 11.3 Å². The van der Waals surface area contributed by atoms with Crippen molar-refractivity contribution < 1.29 is 17.5 Å². The number of amidine groups is 1. The molecule has 0 unspecified atom stereocenters. The Balaban J connectivity index is 1.67. The average Bonchev–Trinajstić information content (AvgIpc) is 2.97. The first kappa shape index (κ1) is 23.9. The van der Waals surface area contributed by atoms with Crippen LogP contribution in [0.25, 0.3) is 10.9 Å².